The molecule has 0 aliphatic heterocycles. The second-order valence-electron chi connectivity index (χ2n) is 3.94. The maximum absolute atomic E-state index is 5.71. The molecule has 0 heterocycles. The minimum Gasteiger partial charge on any atom is -0.382 e. The summed E-state index contributed by atoms with van der Waals surface area (Å²) in [5.74, 6) is 0. The minimum absolute atomic E-state index is 0.419. The van der Waals surface area contributed by atoms with E-state index in [1.165, 1.54) is 11.3 Å². The number of anilines is 1. The molecule has 1 saturated carbocycles. The van der Waals surface area contributed by atoms with Crippen LogP contribution in [0.1, 0.15) is 18.4 Å². The van der Waals surface area contributed by atoms with Gasteiger partial charge in [0.2, 0.25) is 0 Å². The SMILES string of the molecule is Cc1cccc(NC2CC(N)C2)c1. The first kappa shape index (κ1) is 8.57. The van der Waals surface area contributed by atoms with Crippen LogP contribution in [0.15, 0.2) is 24.3 Å². The number of nitrogens with two attached hydrogens (primary N) is 1. The summed E-state index contributed by atoms with van der Waals surface area (Å²) < 4.78 is 0. The van der Waals surface area contributed by atoms with Crippen LogP contribution in [-0.2, 0) is 0 Å². The molecule has 0 aromatic heterocycles. The molecule has 1 fully saturated rings. The van der Waals surface area contributed by atoms with Crippen LogP contribution in [0.5, 0.6) is 0 Å². The summed E-state index contributed by atoms with van der Waals surface area (Å²) in [6, 6.07) is 9.48. The Morgan fingerprint density at radius 3 is 2.77 bits per heavy atom. The predicted molar refractivity (Wildman–Crippen MR) is 55.8 cm³/mol. The molecule has 0 atom stereocenters. The van der Waals surface area contributed by atoms with Gasteiger partial charge in [0.25, 0.3) is 0 Å². The highest BCUT2D eigenvalue weighted by Crippen LogP contribution is 2.22. The van der Waals surface area contributed by atoms with Gasteiger partial charge in [0.15, 0.2) is 0 Å². The number of benzene rings is 1. The Morgan fingerprint density at radius 1 is 1.38 bits per heavy atom. The lowest BCUT2D eigenvalue weighted by Gasteiger charge is -2.33. The van der Waals surface area contributed by atoms with Crippen LogP contribution in [-0.4, -0.2) is 12.1 Å². The molecule has 2 nitrogen and oxygen atoms in total. The first-order valence-corrected chi connectivity index (χ1v) is 4.83. The van der Waals surface area contributed by atoms with Gasteiger partial charge in [0.1, 0.15) is 0 Å². The molecule has 2 heteroatoms. The second kappa shape index (κ2) is 3.38. The van der Waals surface area contributed by atoms with Crippen molar-refractivity contribution in [3.8, 4) is 0 Å². The van der Waals surface area contributed by atoms with E-state index in [1.807, 2.05) is 0 Å². The van der Waals surface area contributed by atoms with Crippen LogP contribution in [0.2, 0.25) is 0 Å². The Morgan fingerprint density at radius 2 is 2.15 bits per heavy atom. The smallest absolute Gasteiger partial charge is 0.0344 e. The maximum Gasteiger partial charge on any atom is 0.0344 e. The van der Waals surface area contributed by atoms with E-state index < -0.39 is 0 Å². The lowest BCUT2D eigenvalue weighted by molar-refractivity contribution is 0.373. The average molecular weight is 176 g/mol. The highest BCUT2D eigenvalue weighted by molar-refractivity contribution is 5.46. The highest BCUT2D eigenvalue weighted by atomic mass is 15.0. The lowest BCUT2D eigenvalue weighted by Crippen LogP contribution is -2.44. The molecule has 2 rings (SSSR count). The number of hydrogen-bond acceptors (Lipinski definition) is 2. The van der Waals surface area contributed by atoms with Gasteiger partial charge in [0, 0.05) is 17.8 Å². The zero-order valence-corrected chi connectivity index (χ0v) is 7.96. The number of aryl methyl sites for hydroxylation is 1. The van der Waals surface area contributed by atoms with E-state index in [9.17, 15) is 0 Å². The fourth-order valence-electron chi connectivity index (χ4n) is 1.75. The molecule has 70 valence electrons. The van der Waals surface area contributed by atoms with Gasteiger partial charge < -0.3 is 11.1 Å². The van der Waals surface area contributed by atoms with Crippen molar-refractivity contribution >= 4 is 5.69 Å². The Labute approximate surface area is 79.1 Å². The minimum atomic E-state index is 0.419. The highest BCUT2D eigenvalue weighted by Gasteiger charge is 2.25. The van der Waals surface area contributed by atoms with Gasteiger partial charge >= 0.3 is 0 Å². The molecule has 0 saturated heterocycles. The molecule has 0 radical (unpaired) electrons. The third-order valence-corrected chi connectivity index (χ3v) is 2.56. The Kier molecular flexibility index (Phi) is 2.23. The molecule has 13 heavy (non-hydrogen) atoms. The number of rotatable bonds is 2. The summed E-state index contributed by atoms with van der Waals surface area (Å²) in [4.78, 5) is 0. The largest absolute Gasteiger partial charge is 0.382 e. The first-order valence-electron chi connectivity index (χ1n) is 4.83. The van der Waals surface area contributed by atoms with E-state index in [2.05, 4.69) is 36.5 Å². The summed E-state index contributed by atoms with van der Waals surface area (Å²) in [5, 5.41) is 3.47. The molecule has 0 unspecified atom stereocenters. The van der Waals surface area contributed by atoms with E-state index in [-0.39, 0.29) is 0 Å². The van der Waals surface area contributed by atoms with Crippen LogP contribution in [0, 0.1) is 6.92 Å². The normalized spacial score (nSPS) is 26.6. The van der Waals surface area contributed by atoms with Gasteiger partial charge in [-0.1, -0.05) is 12.1 Å². The fraction of sp³-hybridized carbons (Fsp3) is 0.455. The van der Waals surface area contributed by atoms with Gasteiger partial charge in [-0.05, 0) is 37.5 Å². The molecular formula is C11H16N2. The van der Waals surface area contributed by atoms with Crippen molar-refractivity contribution < 1.29 is 0 Å². The van der Waals surface area contributed by atoms with E-state index in [1.54, 1.807) is 0 Å². The van der Waals surface area contributed by atoms with Crippen molar-refractivity contribution in [2.75, 3.05) is 5.32 Å². The molecular weight excluding hydrogens is 160 g/mol. The van der Waals surface area contributed by atoms with Crippen LogP contribution >= 0.6 is 0 Å². The topological polar surface area (TPSA) is 38.0 Å². The van der Waals surface area contributed by atoms with Crippen LogP contribution in [0.25, 0.3) is 0 Å². The molecule has 1 aromatic carbocycles. The Balaban J connectivity index is 1.94. The Hall–Kier alpha value is -1.02. The lowest BCUT2D eigenvalue weighted by atomic mass is 9.87. The van der Waals surface area contributed by atoms with Crippen LogP contribution < -0.4 is 11.1 Å². The summed E-state index contributed by atoms with van der Waals surface area (Å²) in [5.41, 5.74) is 8.23. The van der Waals surface area contributed by atoms with Gasteiger partial charge in [-0.25, -0.2) is 0 Å². The number of nitrogens with one attached hydrogen (secondary N) is 1. The van der Waals surface area contributed by atoms with Crippen molar-refractivity contribution in [3.05, 3.63) is 29.8 Å². The average Bonchev–Trinajstić information content (AvgIpc) is 2.01. The quantitative estimate of drug-likeness (QED) is 0.722. The van der Waals surface area contributed by atoms with Gasteiger partial charge in [-0.2, -0.15) is 0 Å². The van der Waals surface area contributed by atoms with Crippen LogP contribution in [0.3, 0.4) is 0 Å². The molecule has 3 N–H and O–H groups in total. The molecule has 0 amide bonds. The van der Waals surface area contributed by atoms with Gasteiger partial charge in [-0.3, -0.25) is 0 Å². The van der Waals surface area contributed by atoms with E-state index >= 15 is 0 Å². The Bertz CT molecular complexity index is 290. The predicted octanol–water partition coefficient (Wildman–Crippen LogP) is 1.90. The van der Waals surface area contributed by atoms with E-state index in [0.29, 0.717) is 12.1 Å². The van der Waals surface area contributed by atoms with Crippen LogP contribution in [0.4, 0.5) is 5.69 Å². The summed E-state index contributed by atoms with van der Waals surface area (Å²) in [6.07, 6.45) is 2.21. The van der Waals surface area contributed by atoms with Crippen molar-refractivity contribution in [3.63, 3.8) is 0 Å². The number of hydrogen-bond donors (Lipinski definition) is 2. The summed E-state index contributed by atoms with van der Waals surface area (Å²) >= 11 is 0. The zero-order valence-electron chi connectivity index (χ0n) is 7.96. The summed E-state index contributed by atoms with van der Waals surface area (Å²) in [7, 11) is 0. The molecule has 0 spiro atoms. The van der Waals surface area contributed by atoms with Gasteiger partial charge in [0.05, 0.1) is 0 Å². The zero-order chi connectivity index (χ0) is 9.26. The van der Waals surface area contributed by atoms with Crippen molar-refractivity contribution in [1.29, 1.82) is 0 Å². The third kappa shape index (κ3) is 2.01. The van der Waals surface area contributed by atoms with Gasteiger partial charge in [-0.15, -0.1) is 0 Å². The van der Waals surface area contributed by atoms with Crippen molar-refractivity contribution in [1.82, 2.24) is 0 Å². The monoisotopic (exact) mass is 176 g/mol. The van der Waals surface area contributed by atoms with Crippen molar-refractivity contribution in [2.24, 2.45) is 5.73 Å². The maximum atomic E-state index is 5.71. The molecule has 0 bridgehead atoms. The van der Waals surface area contributed by atoms with E-state index in [4.69, 9.17) is 5.73 Å². The van der Waals surface area contributed by atoms with Crippen molar-refractivity contribution in [2.45, 2.75) is 31.8 Å². The second-order valence-corrected chi connectivity index (χ2v) is 3.94. The molecule has 1 aliphatic carbocycles. The summed E-state index contributed by atoms with van der Waals surface area (Å²) in [6.45, 7) is 2.11. The molecule has 1 aliphatic rings. The third-order valence-electron chi connectivity index (χ3n) is 2.56. The standard InChI is InChI=1S/C11H16N2/c1-8-3-2-4-10(5-8)13-11-6-9(12)7-11/h2-5,9,11,13H,6-7,12H2,1H3. The fourth-order valence-corrected chi connectivity index (χ4v) is 1.75. The van der Waals surface area contributed by atoms with E-state index in [0.717, 1.165) is 12.8 Å². The molecule has 1 aromatic rings. The first-order chi connectivity index (χ1) is 6.24.